The largest absolute Gasteiger partial charge is 0.416 e. The van der Waals surface area contributed by atoms with Crippen LogP contribution in [0, 0.1) is 0 Å². The van der Waals surface area contributed by atoms with E-state index >= 15 is 0 Å². The molecule has 1 saturated heterocycles. The van der Waals surface area contributed by atoms with Crippen LogP contribution < -0.4 is 5.32 Å². The molecule has 1 unspecified atom stereocenters. The van der Waals surface area contributed by atoms with E-state index < -0.39 is 17.8 Å². The van der Waals surface area contributed by atoms with E-state index in [0.29, 0.717) is 37.8 Å². The molecule has 3 heterocycles. The summed E-state index contributed by atoms with van der Waals surface area (Å²) in [6, 6.07) is 5.30. The molecule has 1 aliphatic heterocycles. The summed E-state index contributed by atoms with van der Waals surface area (Å²) in [7, 11) is 1.68. The summed E-state index contributed by atoms with van der Waals surface area (Å²) in [6.45, 7) is 1.93. The minimum atomic E-state index is -4.37. The quantitative estimate of drug-likeness (QED) is 0.517. The number of hydrogen-bond acceptors (Lipinski definition) is 4. The van der Waals surface area contributed by atoms with Gasteiger partial charge in [-0.1, -0.05) is 12.1 Å². The molecule has 1 aliphatic rings. The zero-order valence-electron chi connectivity index (χ0n) is 15.7. The van der Waals surface area contributed by atoms with Crippen molar-refractivity contribution in [3.05, 3.63) is 58.9 Å². The van der Waals surface area contributed by atoms with Crippen molar-refractivity contribution in [2.24, 2.45) is 4.99 Å². The van der Waals surface area contributed by atoms with E-state index in [0.717, 1.165) is 22.8 Å². The highest BCUT2D eigenvalue weighted by molar-refractivity contribution is 7.15. The molecule has 0 amide bonds. The van der Waals surface area contributed by atoms with Crippen LogP contribution in [0.15, 0.2) is 47.0 Å². The minimum Gasteiger partial charge on any atom is -0.370 e. The van der Waals surface area contributed by atoms with E-state index in [1.165, 1.54) is 6.07 Å². The van der Waals surface area contributed by atoms with Gasteiger partial charge in [0, 0.05) is 31.4 Å². The van der Waals surface area contributed by atoms with Crippen LogP contribution in [0.2, 0.25) is 0 Å². The van der Waals surface area contributed by atoms with Gasteiger partial charge in [0.05, 0.1) is 31.0 Å². The second-order valence-corrected chi connectivity index (χ2v) is 7.53. The van der Waals surface area contributed by atoms with Crippen LogP contribution >= 0.6 is 11.3 Å². The number of morpholine rings is 1. The minimum absolute atomic E-state index is 0.405. The van der Waals surface area contributed by atoms with Crippen LogP contribution in [0.25, 0.3) is 4.96 Å². The van der Waals surface area contributed by atoms with Crippen molar-refractivity contribution in [1.29, 1.82) is 0 Å². The van der Waals surface area contributed by atoms with Crippen molar-refractivity contribution >= 4 is 22.3 Å². The van der Waals surface area contributed by atoms with Crippen LogP contribution in [0.3, 0.4) is 0 Å². The molecule has 6 nitrogen and oxygen atoms in total. The van der Waals surface area contributed by atoms with Crippen LogP contribution in [0.5, 0.6) is 0 Å². The standard InChI is InChI=1S/C19H20F3N5OS/c1-23-17(24-10-15-11-27-6-8-29-18(27)25-15)26-5-7-28-16(12-26)13-3-2-4-14(9-13)19(20,21)22/h2-4,6,8-9,11,16H,5,7,10,12H2,1H3,(H,23,24). The molecule has 154 valence electrons. The number of nitrogens with zero attached hydrogens (tertiary/aromatic N) is 4. The summed E-state index contributed by atoms with van der Waals surface area (Å²) < 4.78 is 46.8. The normalized spacial score (nSPS) is 18.4. The van der Waals surface area contributed by atoms with Gasteiger partial charge in [0.25, 0.3) is 0 Å². The second kappa shape index (κ2) is 8.03. The van der Waals surface area contributed by atoms with E-state index in [1.807, 2.05) is 27.1 Å². The number of ether oxygens (including phenoxy) is 1. The molecule has 10 heteroatoms. The number of fused-ring (bicyclic) bond motifs is 1. The SMILES string of the molecule is CN=C(NCc1cn2ccsc2n1)N1CCOC(c2cccc(C(F)(F)F)c2)C1. The van der Waals surface area contributed by atoms with Crippen LogP contribution in [0.4, 0.5) is 13.2 Å². The molecule has 0 radical (unpaired) electrons. The third-order valence-electron chi connectivity index (χ3n) is 4.73. The predicted octanol–water partition coefficient (Wildman–Crippen LogP) is 3.56. The molecule has 1 N–H and O–H groups in total. The van der Waals surface area contributed by atoms with Gasteiger partial charge in [-0.15, -0.1) is 11.3 Å². The van der Waals surface area contributed by atoms with Gasteiger partial charge >= 0.3 is 6.18 Å². The van der Waals surface area contributed by atoms with Gasteiger partial charge in [-0.2, -0.15) is 13.2 Å². The number of benzene rings is 1. The molecule has 29 heavy (non-hydrogen) atoms. The lowest BCUT2D eigenvalue weighted by molar-refractivity contribution is -0.137. The fraction of sp³-hybridized carbons (Fsp3) is 0.368. The molecule has 1 aromatic carbocycles. The molecular weight excluding hydrogens is 403 g/mol. The Hall–Kier alpha value is -2.59. The zero-order chi connectivity index (χ0) is 20.4. The number of aliphatic imine (C=N–C) groups is 1. The number of nitrogens with one attached hydrogen (secondary N) is 1. The Morgan fingerprint density at radius 1 is 1.41 bits per heavy atom. The molecule has 3 aromatic rings. The smallest absolute Gasteiger partial charge is 0.370 e. The number of guanidine groups is 1. The number of hydrogen-bond donors (Lipinski definition) is 1. The van der Waals surface area contributed by atoms with Gasteiger partial charge in [0.1, 0.15) is 6.10 Å². The van der Waals surface area contributed by atoms with Gasteiger partial charge < -0.3 is 15.0 Å². The maximum absolute atomic E-state index is 13.0. The van der Waals surface area contributed by atoms with Gasteiger partial charge in [-0.3, -0.25) is 9.39 Å². The Bertz CT molecular complexity index is 984. The highest BCUT2D eigenvalue weighted by Gasteiger charge is 2.32. The number of imidazole rings is 1. The fourth-order valence-corrected chi connectivity index (χ4v) is 4.04. The fourth-order valence-electron chi connectivity index (χ4n) is 3.32. The van der Waals surface area contributed by atoms with E-state index in [1.54, 1.807) is 24.5 Å². The molecule has 0 saturated carbocycles. The average molecular weight is 423 g/mol. The molecule has 4 rings (SSSR count). The highest BCUT2D eigenvalue weighted by Crippen LogP contribution is 2.32. The van der Waals surface area contributed by atoms with Crippen LogP contribution in [-0.4, -0.2) is 47.0 Å². The Morgan fingerprint density at radius 3 is 3.03 bits per heavy atom. The third-order valence-corrected chi connectivity index (χ3v) is 5.51. The van der Waals surface area contributed by atoms with Gasteiger partial charge in [-0.05, 0) is 17.7 Å². The summed E-state index contributed by atoms with van der Waals surface area (Å²) in [5.41, 5.74) is 0.730. The first-order valence-corrected chi connectivity index (χ1v) is 9.97. The first kappa shape index (κ1) is 19.7. The number of thiazole rings is 1. The van der Waals surface area contributed by atoms with E-state index in [4.69, 9.17) is 4.74 Å². The molecule has 1 fully saturated rings. The van der Waals surface area contributed by atoms with Gasteiger partial charge in [0.15, 0.2) is 10.9 Å². The van der Waals surface area contributed by atoms with Crippen molar-refractivity contribution in [3.63, 3.8) is 0 Å². The first-order chi connectivity index (χ1) is 13.9. The summed E-state index contributed by atoms with van der Waals surface area (Å²) in [5, 5.41) is 5.26. The van der Waals surface area contributed by atoms with Crippen molar-refractivity contribution in [3.8, 4) is 0 Å². The molecular formula is C19H20F3N5OS. The molecule has 0 spiro atoms. The van der Waals surface area contributed by atoms with Crippen LogP contribution in [-0.2, 0) is 17.5 Å². The second-order valence-electron chi connectivity index (χ2n) is 6.65. The average Bonchev–Trinajstić information content (AvgIpc) is 3.30. The van der Waals surface area contributed by atoms with E-state index in [2.05, 4.69) is 15.3 Å². The predicted molar refractivity (Wildman–Crippen MR) is 105 cm³/mol. The Kier molecular flexibility index (Phi) is 5.46. The highest BCUT2D eigenvalue weighted by atomic mass is 32.1. The van der Waals surface area contributed by atoms with Gasteiger partial charge in [0.2, 0.25) is 0 Å². The number of halogens is 3. The molecule has 2 aromatic heterocycles. The van der Waals surface area contributed by atoms with Crippen molar-refractivity contribution in [2.75, 3.05) is 26.7 Å². The Morgan fingerprint density at radius 2 is 2.28 bits per heavy atom. The molecule has 0 bridgehead atoms. The van der Waals surface area contributed by atoms with E-state index in [-0.39, 0.29) is 0 Å². The lowest BCUT2D eigenvalue weighted by Gasteiger charge is -2.35. The lowest BCUT2D eigenvalue weighted by atomic mass is 10.0. The summed E-state index contributed by atoms with van der Waals surface area (Å²) >= 11 is 1.56. The monoisotopic (exact) mass is 423 g/mol. The maximum Gasteiger partial charge on any atom is 0.416 e. The summed E-state index contributed by atoms with van der Waals surface area (Å²) in [4.78, 5) is 11.8. The maximum atomic E-state index is 13.0. The van der Waals surface area contributed by atoms with Crippen molar-refractivity contribution in [1.82, 2.24) is 19.6 Å². The zero-order valence-corrected chi connectivity index (χ0v) is 16.5. The number of aromatic nitrogens is 2. The summed E-state index contributed by atoms with van der Waals surface area (Å²) in [6.07, 6.45) is -0.924. The molecule has 0 aliphatic carbocycles. The van der Waals surface area contributed by atoms with Gasteiger partial charge in [-0.25, -0.2) is 4.98 Å². The molecule has 1 atom stereocenters. The topological polar surface area (TPSA) is 54.2 Å². The van der Waals surface area contributed by atoms with Crippen molar-refractivity contribution < 1.29 is 17.9 Å². The number of alkyl halides is 3. The van der Waals surface area contributed by atoms with E-state index in [9.17, 15) is 13.2 Å². The Labute approximate surface area is 169 Å². The Balaban J connectivity index is 1.43. The van der Waals surface area contributed by atoms with Crippen LogP contribution in [0.1, 0.15) is 22.9 Å². The summed E-state index contributed by atoms with van der Waals surface area (Å²) in [5.74, 6) is 0.668. The first-order valence-electron chi connectivity index (χ1n) is 9.09. The lowest BCUT2D eigenvalue weighted by Crippen LogP contribution is -2.48. The number of rotatable bonds is 3. The third kappa shape index (κ3) is 4.38. The van der Waals surface area contributed by atoms with Crippen molar-refractivity contribution in [2.45, 2.75) is 18.8 Å².